The van der Waals surface area contributed by atoms with Gasteiger partial charge in [0.1, 0.15) is 18.4 Å². The van der Waals surface area contributed by atoms with Crippen LogP contribution in [0.3, 0.4) is 0 Å². The molecule has 3 aromatic rings. The van der Waals surface area contributed by atoms with E-state index in [1.165, 1.54) is 11.0 Å². The molecule has 192 valence electrons. The summed E-state index contributed by atoms with van der Waals surface area (Å²) < 4.78 is 15.0. The number of amides is 2. The van der Waals surface area contributed by atoms with E-state index in [0.29, 0.717) is 34.1 Å². The van der Waals surface area contributed by atoms with E-state index in [4.69, 9.17) is 16.6 Å². The van der Waals surface area contributed by atoms with E-state index in [-0.39, 0.29) is 29.8 Å². The van der Waals surface area contributed by atoms with Gasteiger partial charge in [-0.1, -0.05) is 44.0 Å². The maximum Gasteiger partial charge on any atom is 0.252 e. The minimum Gasteiger partial charge on any atom is -0.378 e. The summed E-state index contributed by atoms with van der Waals surface area (Å²) >= 11 is 6.35. The number of halogens is 2. The predicted octanol–water partition coefficient (Wildman–Crippen LogP) is 5.78. The van der Waals surface area contributed by atoms with Crippen molar-refractivity contribution >= 4 is 46.2 Å². The van der Waals surface area contributed by atoms with Gasteiger partial charge in [-0.3, -0.25) is 14.6 Å². The van der Waals surface area contributed by atoms with Crippen molar-refractivity contribution in [2.75, 3.05) is 35.8 Å². The molecule has 0 unspecified atom stereocenters. The van der Waals surface area contributed by atoms with E-state index in [9.17, 15) is 14.0 Å². The van der Waals surface area contributed by atoms with E-state index in [1.807, 2.05) is 57.1 Å². The zero-order valence-corrected chi connectivity index (χ0v) is 22.1. The lowest BCUT2D eigenvalue weighted by Crippen LogP contribution is -2.44. The van der Waals surface area contributed by atoms with E-state index in [1.54, 1.807) is 36.4 Å². The first-order chi connectivity index (χ1) is 17.7. The van der Waals surface area contributed by atoms with Crippen LogP contribution in [0.4, 0.5) is 21.5 Å². The van der Waals surface area contributed by atoms with E-state index in [2.05, 4.69) is 5.32 Å². The highest BCUT2D eigenvalue weighted by atomic mass is 35.5. The summed E-state index contributed by atoms with van der Waals surface area (Å²) in [5, 5.41) is 3.29. The Balaban J connectivity index is 1.75. The molecule has 3 aromatic carbocycles. The van der Waals surface area contributed by atoms with Gasteiger partial charge < -0.3 is 15.1 Å². The van der Waals surface area contributed by atoms with Crippen molar-refractivity contribution in [1.29, 1.82) is 0 Å². The van der Waals surface area contributed by atoms with Gasteiger partial charge in [-0.15, -0.1) is 0 Å². The summed E-state index contributed by atoms with van der Waals surface area (Å²) in [6.45, 7) is 3.67. The van der Waals surface area contributed by atoms with Gasteiger partial charge in [0.25, 0.3) is 5.91 Å². The van der Waals surface area contributed by atoms with Crippen molar-refractivity contribution in [3.63, 3.8) is 0 Å². The van der Waals surface area contributed by atoms with Gasteiger partial charge in [-0.05, 0) is 60.5 Å². The number of hydrogen-bond donors (Lipinski definition) is 1. The first-order valence-corrected chi connectivity index (χ1v) is 12.6. The summed E-state index contributed by atoms with van der Waals surface area (Å²) in [7, 11) is 3.88. The first kappa shape index (κ1) is 26.4. The number of nitrogens with zero attached hydrogens (tertiary/aromatic N) is 3. The zero-order valence-electron chi connectivity index (χ0n) is 21.3. The zero-order chi connectivity index (χ0) is 26.7. The van der Waals surface area contributed by atoms with Crippen LogP contribution in [0.25, 0.3) is 0 Å². The molecule has 1 aliphatic rings. The topological polar surface area (TPSA) is 65.0 Å². The van der Waals surface area contributed by atoms with Crippen molar-refractivity contribution < 1.29 is 14.0 Å². The highest BCUT2D eigenvalue weighted by Crippen LogP contribution is 2.33. The number of nitrogens with one attached hydrogen (secondary N) is 1. The quantitative estimate of drug-likeness (QED) is 0.429. The lowest BCUT2D eigenvalue weighted by atomic mass is 9.97. The third-order valence-electron chi connectivity index (χ3n) is 6.57. The number of fused-ring (bicyclic) bond motifs is 1. The second-order valence-corrected chi connectivity index (χ2v) is 9.80. The molecule has 0 spiro atoms. The van der Waals surface area contributed by atoms with Crippen molar-refractivity contribution in [3.05, 3.63) is 88.7 Å². The maximum absolute atomic E-state index is 15.0. The van der Waals surface area contributed by atoms with Gasteiger partial charge in [-0.2, -0.15) is 0 Å². The fraction of sp³-hybridized carbons (Fsp3) is 0.276. The van der Waals surface area contributed by atoms with Crippen molar-refractivity contribution in [2.45, 2.75) is 26.3 Å². The molecule has 8 heteroatoms. The van der Waals surface area contributed by atoms with Crippen molar-refractivity contribution in [1.82, 2.24) is 0 Å². The number of aliphatic imine (C=N–C) groups is 1. The summed E-state index contributed by atoms with van der Waals surface area (Å²) in [6, 6.07) is 18.0. The number of benzene rings is 3. The fourth-order valence-electron chi connectivity index (χ4n) is 4.29. The van der Waals surface area contributed by atoms with Crippen LogP contribution in [-0.2, 0) is 9.59 Å². The van der Waals surface area contributed by atoms with Crippen LogP contribution in [0, 0.1) is 11.7 Å². The average molecular weight is 521 g/mol. The Labute approximate surface area is 221 Å². The molecule has 0 radical (unpaired) electrons. The molecule has 2 atom stereocenters. The SMILES string of the molecule is CC[C@@H](C)[C@@H]1N=C(c2ccccc2F)c2cc(Cl)ccc2N(CC(=O)Nc2ccc(N(C)C)cc2)C1=O. The normalized spacial score (nSPS) is 15.9. The molecular formula is C29H30ClFN4O2. The smallest absolute Gasteiger partial charge is 0.252 e. The molecule has 1 aliphatic heterocycles. The predicted molar refractivity (Wildman–Crippen MR) is 148 cm³/mol. The van der Waals surface area contributed by atoms with Crippen LogP contribution in [0.5, 0.6) is 0 Å². The molecule has 37 heavy (non-hydrogen) atoms. The Morgan fingerprint density at radius 3 is 2.46 bits per heavy atom. The Morgan fingerprint density at radius 2 is 1.81 bits per heavy atom. The van der Waals surface area contributed by atoms with Crippen LogP contribution in [-0.4, -0.2) is 44.2 Å². The van der Waals surface area contributed by atoms with E-state index in [0.717, 1.165) is 5.69 Å². The van der Waals surface area contributed by atoms with E-state index >= 15 is 0 Å². The maximum atomic E-state index is 15.0. The van der Waals surface area contributed by atoms with Crippen LogP contribution in [0.15, 0.2) is 71.7 Å². The fourth-order valence-corrected chi connectivity index (χ4v) is 4.46. The number of carbonyl (C=O) groups is 2. The van der Waals surface area contributed by atoms with Crippen LogP contribution >= 0.6 is 11.6 Å². The Kier molecular flexibility index (Phi) is 7.93. The second kappa shape index (κ2) is 11.1. The summed E-state index contributed by atoms with van der Waals surface area (Å²) in [4.78, 5) is 35.2. The molecule has 0 saturated heterocycles. The lowest BCUT2D eigenvalue weighted by Gasteiger charge is -2.26. The molecular weight excluding hydrogens is 491 g/mol. The van der Waals surface area contributed by atoms with Gasteiger partial charge in [-0.25, -0.2) is 4.39 Å². The molecule has 0 fully saturated rings. The molecule has 0 aromatic heterocycles. The number of hydrogen-bond acceptors (Lipinski definition) is 4. The first-order valence-electron chi connectivity index (χ1n) is 12.2. The molecule has 1 heterocycles. The third kappa shape index (κ3) is 5.67. The van der Waals surface area contributed by atoms with Crippen LogP contribution in [0.2, 0.25) is 5.02 Å². The average Bonchev–Trinajstić information content (AvgIpc) is 2.99. The van der Waals surface area contributed by atoms with Crippen LogP contribution in [0.1, 0.15) is 31.4 Å². The molecule has 0 bridgehead atoms. The number of benzodiazepines with no additional fused rings is 1. The number of anilines is 3. The summed E-state index contributed by atoms with van der Waals surface area (Å²) in [6.07, 6.45) is 0.680. The molecule has 2 amide bonds. The Morgan fingerprint density at radius 1 is 1.11 bits per heavy atom. The number of rotatable bonds is 7. The van der Waals surface area contributed by atoms with E-state index < -0.39 is 11.9 Å². The van der Waals surface area contributed by atoms with Gasteiger partial charge in [0.05, 0.1) is 11.4 Å². The monoisotopic (exact) mass is 520 g/mol. The van der Waals surface area contributed by atoms with Gasteiger partial charge in [0.2, 0.25) is 5.91 Å². The Bertz CT molecular complexity index is 1340. The molecule has 6 nitrogen and oxygen atoms in total. The minimum atomic E-state index is -0.794. The minimum absolute atomic E-state index is 0.136. The molecule has 0 aliphatic carbocycles. The van der Waals surface area contributed by atoms with Gasteiger partial charge >= 0.3 is 0 Å². The van der Waals surface area contributed by atoms with Crippen molar-refractivity contribution in [3.8, 4) is 0 Å². The Hall–Kier alpha value is -3.71. The summed E-state index contributed by atoms with van der Waals surface area (Å²) in [5.74, 6) is -1.26. The van der Waals surface area contributed by atoms with Crippen molar-refractivity contribution in [2.24, 2.45) is 10.9 Å². The molecule has 0 saturated carbocycles. The highest BCUT2D eigenvalue weighted by molar-refractivity contribution is 6.32. The molecule has 4 rings (SSSR count). The summed E-state index contributed by atoms with van der Waals surface area (Å²) in [5.41, 5.74) is 3.20. The third-order valence-corrected chi connectivity index (χ3v) is 6.81. The van der Waals surface area contributed by atoms with Gasteiger partial charge in [0, 0.05) is 41.6 Å². The van der Waals surface area contributed by atoms with Crippen LogP contribution < -0.4 is 15.1 Å². The highest BCUT2D eigenvalue weighted by Gasteiger charge is 2.36. The largest absolute Gasteiger partial charge is 0.378 e. The molecule has 1 N–H and O–H groups in total. The van der Waals surface area contributed by atoms with Gasteiger partial charge in [0.15, 0.2) is 0 Å². The standard InChI is InChI=1S/C29H30ClFN4O2/c1-5-18(2)27-29(37)35(17-26(36)32-20-11-13-21(14-12-20)34(3)4)25-15-10-19(30)16-23(25)28(33-27)22-8-6-7-9-24(22)31/h6-16,18,27H,5,17H2,1-4H3,(H,32,36)/t18-,27+/m1/s1. The second-order valence-electron chi connectivity index (χ2n) is 9.36. The lowest BCUT2D eigenvalue weighted by molar-refractivity contribution is -0.123. The number of carbonyl (C=O) groups excluding carboxylic acids is 2.